The largest absolute Gasteiger partial charge is 0.483 e. The van der Waals surface area contributed by atoms with E-state index in [4.69, 9.17) is 16.3 Å². The lowest BCUT2D eigenvalue weighted by molar-refractivity contribution is 0.286. The van der Waals surface area contributed by atoms with Crippen molar-refractivity contribution in [1.29, 1.82) is 0 Å². The van der Waals surface area contributed by atoms with Crippen molar-refractivity contribution in [3.8, 4) is 5.75 Å². The zero-order chi connectivity index (χ0) is 13.2. The Morgan fingerprint density at radius 1 is 1.32 bits per heavy atom. The molecule has 5 heteroatoms. The molecule has 3 nitrogen and oxygen atoms in total. The molecule has 0 saturated heterocycles. The number of halogens is 2. The number of anilines is 1. The second kappa shape index (κ2) is 5.05. The van der Waals surface area contributed by atoms with Gasteiger partial charge in [0, 0.05) is 6.54 Å². The minimum atomic E-state index is -0.466. The second-order valence-electron chi connectivity index (χ2n) is 4.33. The number of hydrogen-bond acceptors (Lipinski definition) is 3. The monoisotopic (exact) mass is 278 g/mol. The third-order valence-corrected chi connectivity index (χ3v) is 3.30. The molecule has 1 N–H and O–H groups in total. The maximum atomic E-state index is 13.5. The smallest absolute Gasteiger partial charge is 0.174 e. The normalized spacial score (nSPS) is 12.9. The van der Waals surface area contributed by atoms with Gasteiger partial charge in [-0.15, -0.1) is 0 Å². The SMILES string of the molecule is Fc1cccc(Cl)c1OCc1ccc2c(n1)NCC2. The topological polar surface area (TPSA) is 34.1 Å². The highest BCUT2D eigenvalue weighted by Crippen LogP contribution is 2.28. The number of ether oxygens (including phenoxy) is 1. The minimum Gasteiger partial charge on any atom is -0.483 e. The molecule has 0 amide bonds. The van der Waals surface area contributed by atoms with Gasteiger partial charge in [0.2, 0.25) is 0 Å². The third-order valence-electron chi connectivity index (χ3n) is 3.01. The van der Waals surface area contributed by atoms with Crippen LogP contribution in [0.3, 0.4) is 0 Å². The third kappa shape index (κ3) is 2.49. The fourth-order valence-corrected chi connectivity index (χ4v) is 2.26. The first kappa shape index (κ1) is 12.2. The van der Waals surface area contributed by atoms with Crippen molar-refractivity contribution in [1.82, 2.24) is 4.98 Å². The van der Waals surface area contributed by atoms with Gasteiger partial charge in [0.15, 0.2) is 11.6 Å². The zero-order valence-corrected chi connectivity index (χ0v) is 10.9. The number of hydrogen-bond donors (Lipinski definition) is 1. The number of rotatable bonds is 3. The Bertz CT molecular complexity index is 598. The van der Waals surface area contributed by atoms with Gasteiger partial charge in [0.1, 0.15) is 12.4 Å². The van der Waals surface area contributed by atoms with Gasteiger partial charge in [-0.3, -0.25) is 0 Å². The van der Waals surface area contributed by atoms with Gasteiger partial charge in [0.05, 0.1) is 10.7 Å². The Morgan fingerprint density at radius 3 is 3.05 bits per heavy atom. The summed E-state index contributed by atoms with van der Waals surface area (Å²) in [5.74, 6) is 0.493. The summed E-state index contributed by atoms with van der Waals surface area (Å²) >= 11 is 5.89. The molecule has 0 fully saturated rings. The van der Waals surface area contributed by atoms with Crippen LogP contribution in [0.4, 0.5) is 10.2 Å². The summed E-state index contributed by atoms with van der Waals surface area (Å²) in [6, 6.07) is 8.36. The Balaban J connectivity index is 1.76. The molecule has 98 valence electrons. The van der Waals surface area contributed by atoms with Crippen LogP contribution >= 0.6 is 11.6 Å². The van der Waals surface area contributed by atoms with E-state index in [1.54, 1.807) is 12.1 Å². The van der Waals surface area contributed by atoms with Gasteiger partial charge >= 0.3 is 0 Å². The Morgan fingerprint density at radius 2 is 2.21 bits per heavy atom. The van der Waals surface area contributed by atoms with Crippen LogP contribution in [0.5, 0.6) is 5.75 Å². The molecular weight excluding hydrogens is 267 g/mol. The predicted octanol–water partition coefficient (Wildman–Crippen LogP) is 3.42. The first-order chi connectivity index (χ1) is 9.24. The van der Waals surface area contributed by atoms with Crippen LogP contribution in [0.2, 0.25) is 5.02 Å². The molecule has 0 radical (unpaired) electrons. The summed E-state index contributed by atoms with van der Waals surface area (Å²) in [5, 5.41) is 3.46. The molecule has 0 saturated carbocycles. The fourth-order valence-electron chi connectivity index (χ4n) is 2.05. The average Bonchev–Trinajstić information content (AvgIpc) is 2.85. The molecule has 2 aromatic rings. The number of benzene rings is 1. The second-order valence-corrected chi connectivity index (χ2v) is 4.73. The van der Waals surface area contributed by atoms with Gasteiger partial charge in [-0.25, -0.2) is 9.37 Å². The maximum absolute atomic E-state index is 13.5. The Kier molecular flexibility index (Phi) is 3.25. The Hall–Kier alpha value is -1.81. The molecular formula is C14H12ClFN2O. The summed E-state index contributed by atoms with van der Waals surface area (Å²) in [6.07, 6.45) is 0.989. The number of para-hydroxylation sites is 1. The van der Waals surface area contributed by atoms with Crippen LogP contribution in [-0.2, 0) is 13.0 Å². The van der Waals surface area contributed by atoms with Crippen LogP contribution < -0.4 is 10.1 Å². The van der Waals surface area contributed by atoms with Crippen LogP contribution in [0.1, 0.15) is 11.3 Å². The van der Waals surface area contributed by atoms with Gasteiger partial charge in [-0.1, -0.05) is 23.7 Å². The molecule has 0 atom stereocenters. The molecule has 1 aliphatic heterocycles. The lowest BCUT2D eigenvalue weighted by atomic mass is 10.2. The number of pyridine rings is 1. The average molecular weight is 279 g/mol. The molecule has 2 heterocycles. The van der Waals surface area contributed by atoms with Crippen LogP contribution in [0.15, 0.2) is 30.3 Å². The number of nitrogens with zero attached hydrogens (tertiary/aromatic N) is 1. The van der Waals surface area contributed by atoms with Crippen LogP contribution in [0.25, 0.3) is 0 Å². The van der Waals surface area contributed by atoms with E-state index in [0.29, 0.717) is 0 Å². The summed E-state index contributed by atoms with van der Waals surface area (Å²) in [4.78, 5) is 4.43. The highest BCUT2D eigenvalue weighted by molar-refractivity contribution is 6.32. The van der Waals surface area contributed by atoms with E-state index in [0.717, 1.165) is 24.5 Å². The van der Waals surface area contributed by atoms with Crippen molar-refractivity contribution < 1.29 is 9.13 Å². The summed E-state index contributed by atoms with van der Waals surface area (Å²) < 4.78 is 18.9. The standard InChI is InChI=1S/C14H12ClFN2O/c15-11-2-1-3-12(16)13(11)19-8-10-5-4-9-6-7-17-14(9)18-10/h1-5H,6-8H2,(H,17,18). The first-order valence-corrected chi connectivity index (χ1v) is 6.41. The number of nitrogens with one attached hydrogen (secondary N) is 1. The molecule has 0 unspecified atom stereocenters. The van der Waals surface area contributed by atoms with E-state index in [1.807, 2.05) is 12.1 Å². The van der Waals surface area contributed by atoms with Crippen molar-refractivity contribution >= 4 is 17.4 Å². The van der Waals surface area contributed by atoms with E-state index in [2.05, 4.69) is 10.3 Å². The number of fused-ring (bicyclic) bond motifs is 1. The van der Waals surface area contributed by atoms with Crippen molar-refractivity contribution in [3.63, 3.8) is 0 Å². The van der Waals surface area contributed by atoms with Crippen molar-refractivity contribution in [2.45, 2.75) is 13.0 Å². The maximum Gasteiger partial charge on any atom is 0.174 e. The molecule has 1 aliphatic rings. The minimum absolute atomic E-state index is 0.0689. The quantitative estimate of drug-likeness (QED) is 0.934. The van der Waals surface area contributed by atoms with E-state index in [9.17, 15) is 4.39 Å². The molecule has 0 bridgehead atoms. The number of aromatic nitrogens is 1. The molecule has 3 rings (SSSR count). The highest BCUT2D eigenvalue weighted by Gasteiger charge is 2.13. The lowest BCUT2D eigenvalue weighted by Crippen LogP contribution is -2.02. The van der Waals surface area contributed by atoms with Crippen LogP contribution in [0, 0.1) is 5.82 Å². The van der Waals surface area contributed by atoms with Crippen molar-refractivity contribution in [3.05, 3.63) is 52.4 Å². The van der Waals surface area contributed by atoms with Crippen LogP contribution in [-0.4, -0.2) is 11.5 Å². The summed E-state index contributed by atoms with van der Waals surface area (Å²) in [5.41, 5.74) is 1.94. The first-order valence-electron chi connectivity index (χ1n) is 6.03. The molecule has 1 aromatic heterocycles. The van der Waals surface area contributed by atoms with Gasteiger partial charge in [-0.2, -0.15) is 0 Å². The van der Waals surface area contributed by atoms with E-state index in [-0.39, 0.29) is 17.4 Å². The highest BCUT2D eigenvalue weighted by atomic mass is 35.5. The predicted molar refractivity (Wildman–Crippen MR) is 72.2 cm³/mol. The van der Waals surface area contributed by atoms with Crippen molar-refractivity contribution in [2.75, 3.05) is 11.9 Å². The summed E-state index contributed by atoms with van der Waals surface area (Å²) in [6.45, 7) is 1.10. The van der Waals surface area contributed by atoms with Crippen molar-refractivity contribution in [2.24, 2.45) is 0 Å². The molecule has 0 spiro atoms. The van der Waals surface area contributed by atoms with E-state index in [1.165, 1.54) is 11.6 Å². The Labute approximate surface area is 115 Å². The van der Waals surface area contributed by atoms with Gasteiger partial charge < -0.3 is 10.1 Å². The molecule has 1 aromatic carbocycles. The lowest BCUT2D eigenvalue weighted by Gasteiger charge is -2.09. The van der Waals surface area contributed by atoms with E-state index >= 15 is 0 Å². The van der Waals surface area contributed by atoms with Gasteiger partial charge in [-0.05, 0) is 30.2 Å². The molecule has 19 heavy (non-hydrogen) atoms. The van der Waals surface area contributed by atoms with E-state index < -0.39 is 5.82 Å². The van der Waals surface area contributed by atoms with Gasteiger partial charge in [0.25, 0.3) is 0 Å². The molecule has 0 aliphatic carbocycles. The zero-order valence-electron chi connectivity index (χ0n) is 10.1. The summed E-state index contributed by atoms with van der Waals surface area (Å²) in [7, 11) is 0. The fraction of sp³-hybridized carbons (Fsp3) is 0.214.